The SMILES string of the molecule is Cc1nc(-n2cnnn2)ccc1CO. The normalized spacial score (nSPS) is 10.4. The van der Waals surface area contributed by atoms with Crippen LogP contribution in [0.1, 0.15) is 11.3 Å². The van der Waals surface area contributed by atoms with Crippen LogP contribution in [0.3, 0.4) is 0 Å². The van der Waals surface area contributed by atoms with Gasteiger partial charge in [-0.3, -0.25) is 0 Å². The van der Waals surface area contributed by atoms with Crippen LogP contribution in [0, 0.1) is 6.92 Å². The Kier molecular flexibility index (Phi) is 2.19. The lowest BCUT2D eigenvalue weighted by Crippen LogP contribution is -2.02. The van der Waals surface area contributed by atoms with E-state index in [4.69, 9.17) is 5.11 Å². The fraction of sp³-hybridized carbons (Fsp3) is 0.250. The van der Waals surface area contributed by atoms with Gasteiger partial charge in [0.25, 0.3) is 0 Å². The van der Waals surface area contributed by atoms with E-state index in [-0.39, 0.29) is 6.61 Å². The number of aliphatic hydroxyl groups excluding tert-OH is 1. The minimum atomic E-state index is -0.00524. The van der Waals surface area contributed by atoms with Gasteiger partial charge in [-0.1, -0.05) is 6.07 Å². The number of hydrogen-bond acceptors (Lipinski definition) is 5. The van der Waals surface area contributed by atoms with Crippen LogP contribution in [-0.4, -0.2) is 30.3 Å². The van der Waals surface area contributed by atoms with E-state index < -0.39 is 0 Å². The van der Waals surface area contributed by atoms with Gasteiger partial charge in [0.05, 0.1) is 6.61 Å². The van der Waals surface area contributed by atoms with Crippen molar-refractivity contribution < 1.29 is 5.11 Å². The maximum atomic E-state index is 8.95. The first-order chi connectivity index (χ1) is 6.81. The largest absolute Gasteiger partial charge is 0.392 e. The Morgan fingerprint density at radius 2 is 2.29 bits per heavy atom. The highest BCUT2D eigenvalue weighted by molar-refractivity contribution is 5.28. The second-order valence-corrected chi connectivity index (χ2v) is 2.83. The van der Waals surface area contributed by atoms with E-state index in [0.29, 0.717) is 5.82 Å². The van der Waals surface area contributed by atoms with Gasteiger partial charge in [0.15, 0.2) is 5.82 Å². The lowest BCUT2D eigenvalue weighted by atomic mass is 10.2. The maximum absolute atomic E-state index is 8.95. The molecular weight excluding hydrogens is 182 g/mol. The van der Waals surface area contributed by atoms with Crippen molar-refractivity contribution in [2.45, 2.75) is 13.5 Å². The molecule has 0 saturated heterocycles. The molecule has 0 aliphatic rings. The zero-order valence-electron chi connectivity index (χ0n) is 7.62. The van der Waals surface area contributed by atoms with Crippen molar-refractivity contribution in [1.82, 2.24) is 25.2 Å². The van der Waals surface area contributed by atoms with Crippen molar-refractivity contribution >= 4 is 0 Å². The molecule has 0 spiro atoms. The molecule has 6 nitrogen and oxygen atoms in total. The van der Waals surface area contributed by atoms with Crippen LogP contribution in [0.4, 0.5) is 0 Å². The molecule has 0 aliphatic heterocycles. The quantitative estimate of drug-likeness (QED) is 0.714. The summed E-state index contributed by atoms with van der Waals surface area (Å²) >= 11 is 0. The lowest BCUT2D eigenvalue weighted by molar-refractivity contribution is 0.280. The third-order valence-corrected chi connectivity index (χ3v) is 1.93. The van der Waals surface area contributed by atoms with Crippen LogP contribution in [-0.2, 0) is 6.61 Å². The van der Waals surface area contributed by atoms with Crippen molar-refractivity contribution in [3.63, 3.8) is 0 Å². The number of rotatable bonds is 2. The van der Waals surface area contributed by atoms with Crippen molar-refractivity contribution in [3.05, 3.63) is 29.7 Å². The number of hydrogen-bond donors (Lipinski definition) is 1. The highest BCUT2D eigenvalue weighted by atomic mass is 16.3. The second-order valence-electron chi connectivity index (χ2n) is 2.83. The van der Waals surface area contributed by atoms with Crippen LogP contribution in [0.25, 0.3) is 5.82 Å². The first-order valence-corrected chi connectivity index (χ1v) is 4.12. The Balaban J connectivity index is 2.43. The molecule has 2 rings (SSSR count). The Hall–Kier alpha value is -1.82. The van der Waals surface area contributed by atoms with Gasteiger partial charge in [-0.2, -0.15) is 4.68 Å². The first-order valence-electron chi connectivity index (χ1n) is 4.12. The van der Waals surface area contributed by atoms with Gasteiger partial charge in [0.2, 0.25) is 0 Å². The van der Waals surface area contributed by atoms with E-state index in [1.165, 1.54) is 11.0 Å². The highest BCUT2D eigenvalue weighted by Gasteiger charge is 2.02. The van der Waals surface area contributed by atoms with Crippen molar-refractivity contribution in [1.29, 1.82) is 0 Å². The van der Waals surface area contributed by atoms with E-state index in [9.17, 15) is 0 Å². The summed E-state index contributed by atoms with van der Waals surface area (Å²) in [5.74, 6) is 0.643. The Morgan fingerprint density at radius 1 is 1.43 bits per heavy atom. The molecule has 0 saturated carbocycles. The first kappa shape index (κ1) is 8.76. The molecule has 0 aliphatic carbocycles. The summed E-state index contributed by atoms with van der Waals surface area (Å²) in [6, 6.07) is 3.56. The zero-order valence-corrected chi connectivity index (χ0v) is 7.62. The van der Waals surface area contributed by atoms with E-state index in [1.807, 2.05) is 6.92 Å². The van der Waals surface area contributed by atoms with E-state index in [2.05, 4.69) is 20.5 Å². The van der Waals surface area contributed by atoms with Crippen molar-refractivity contribution in [3.8, 4) is 5.82 Å². The molecule has 0 bridgehead atoms. The van der Waals surface area contributed by atoms with Crippen LogP contribution < -0.4 is 0 Å². The predicted molar refractivity (Wildman–Crippen MR) is 47.6 cm³/mol. The van der Waals surface area contributed by atoms with Gasteiger partial charge in [-0.25, -0.2) is 4.98 Å². The van der Waals surface area contributed by atoms with E-state index >= 15 is 0 Å². The fourth-order valence-electron chi connectivity index (χ4n) is 1.14. The summed E-state index contributed by atoms with van der Waals surface area (Å²) in [4.78, 5) is 4.25. The molecule has 2 heterocycles. The van der Waals surface area contributed by atoms with Crippen molar-refractivity contribution in [2.24, 2.45) is 0 Å². The van der Waals surface area contributed by atoms with Crippen LogP contribution >= 0.6 is 0 Å². The summed E-state index contributed by atoms with van der Waals surface area (Å²) in [6.07, 6.45) is 1.47. The van der Waals surface area contributed by atoms with E-state index in [0.717, 1.165) is 11.3 Å². The molecule has 6 heteroatoms. The number of aryl methyl sites for hydroxylation is 1. The molecule has 0 aromatic carbocycles. The van der Waals surface area contributed by atoms with Crippen LogP contribution in [0.5, 0.6) is 0 Å². The number of tetrazole rings is 1. The monoisotopic (exact) mass is 191 g/mol. The minimum Gasteiger partial charge on any atom is -0.392 e. The minimum absolute atomic E-state index is 0.00524. The van der Waals surface area contributed by atoms with Crippen LogP contribution in [0.2, 0.25) is 0 Å². The number of nitrogens with zero attached hydrogens (tertiary/aromatic N) is 5. The van der Waals surface area contributed by atoms with Crippen molar-refractivity contribution in [2.75, 3.05) is 0 Å². The number of pyridine rings is 1. The molecule has 0 fully saturated rings. The summed E-state index contributed by atoms with van der Waals surface area (Å²) in [7, 11) is 0. The third-order valence-electron chi connectivity index (χ3n) is 1.93. The zero-order chi connectivity index (χ0) is 9.97. The summed E-state index contributed by atoms with van der Waals surface area (Å²) in [5.41, 5.74) is 1.59. The van der Waals surface area contributed by atoms with Gasteiger partial charge >= 0.3 is 0 Å². The Bertz CT molecular complexity index is 425. The highest BCUT2D eigenvalue weighted by Crippen LogP contribution is 2.08. The third kappa shape index (κ3) is 1.47. The Labute approximate surface area is 80.2 Å². The molecule has 72 valence electrons. The second kappa shape index (κ2) is 3.51. The van der Waals surface area contributed by atoms with Gasteiger partial charge in [-0.15, -0.1) is 5.10 Å². The molecule has 14 heavy (non-hydrogen) atoms. The standard InChI is InChI=1S/C8H9N5O/c1-6-7(4-14)2-3-8(10-6)13-5-9-11-12-13/h2-3,5,14H,4H2,1H3. The number of aromatic nitrogens is 5. The molecule has 0 radical (unpaired) electrons. The van der Waals surface area contributed by atoms with Gasteiger partial charge in [0.1, 0.15) is 6.33 Å². The average Bonchev–Trinajstić information content (AvgIpc) is 2.70. The molecule has 0 unspecified atom stereocenters. The summed E-state index contributed by atoms with van der Waals surface area (Å²) in [5, 5.41) is 19.7. The Morgan fingerprint density at radius 3 is 2.86 bits per heavy atom. The van der Waals surface area contributed by atoms with Gasteiger partial charge < -0.3 is 5.11 Å². The molecule has 2 aromatic rings. The maximum Gasteiger partial charge on any atom is 0.157 e. The van der Waals surface area contributed by atoms with Crippen LogP contribution in [0.15, 0.2) is 18.5 Å². The number of aliphatic hydroxyl groups is 1. The smallest absolute Gasteiger partial charge is 0.157 e. The topological polar surface area (TPSA) is 76.7 Å². The summed E-state index contributed by atoms with van der Waals surface area (Å²) in [6.45, 7) is 1.83. The molecule has 1 N–H and O–H groups in total. The molecule has 0 amide bonds. The molecule has 0 atom stereocenters. The lowest BCUT2D eigenvalue weighted by Gasteiger charge is -2.03. The fourth-order valence-corrected chi connectivity index (χ4v) is 1.14. The van der Waals surface area contributed by atoms with E-state index in [1.54, 1.807) is 12.1 Å². The molecular formula is C8H9N5O. The summed E-state index contributed by atoms with van der Waals surface area (Å²) < 4.78 is 1.47. The molecule has 2 aromatic heterocycles. The van der Waals surface area contributed by atoms with Gasteiger partial charge in [0, 0.05) is 5.69 Å². The predicted octanol–water partition coefficient (Wildman–Crippen LogP) is -0.142. The van der Waals surface area contributed by atoms with Gasteiger partial charge in [-0.05, 0) is 29.0 Å². The average molecular weight is 191 g/mol.